The van der Waals surface area contributed by atoms with E-state index < -0.39 is 0 Å². The van der Waals surface area contributed by atoms with E-state index in [0.29, 0.717) is 20.5 Å². The fraction of sp³-hybridized carbons (Fsp3) is 0. The van der Waals surface area contributed by atoms with Gasteiger partial charge in [0.05, 0.1) is 0 Å². The van der Waals surface area contributed by atoms with E-state index in [4.69, 9.17) is 42.3 Å². The Hall–Kier alpha value is -5.24. The number of benzene rings is 8. The van der Waals surface area contributed by atoms with E-state index in [1.54, 1.807) is 0 Å². The number of thiazole rings is 4. The molecule has 12 aromatic rings. The second-order valence-corrected chi connectivity index (χ2v) is 19.3. The number of aromatic nitrogens is 4. The van der Waals surface area contributed by atoms with E-state index in [0.717, 1.165) is 62.4 Å². The van der Waals surface area contributed by atoms with Crippen LogP contribution in [0.25, 0.3) is 107 Å². The summed E-state index contributed by atoms with van der Waals surface area (Å²) >= 11 is 5.46. The van der Waals surface area contributed by atoms with Crippen LogP contribution >= 0.6 is 64.7 Å². The Bertz CT molecular complexity index is 2940. The molecule has 0 aliphatic carbocycles. The van der Waals surface area contributed by atoms with Crippen molar-refractivity contribution < 1.29 is 15.1 Å². The van der Waals surface area contributed by atoms with Crippen LogP contribution in [0.4, 0.5) is 20.5 Å². The molecule has 12 rings (SSSR count). The summed E-state index contributed by atoms with van der Waals surface area (Å²) < 4.78 is 4.37. The molecule has 0 saturated heterocycles. The van der Waals surface area contributed by atoms with Gasteiger partial charge in [-0.2, -0.15) is 0 Å². The van der Waals surface area contributed by atoms with Gasteiger partial charge in [0.2, 0.25) is 0 Å². The van der Waals surface area contributed by atoms with Crippen LogP contribution in [0.1, 0.15) is 0 Å². The van der Waals surface area contributed by atoms with Gasteiger partial charge in [-0.05, 0) is 110 Å². The predicted octanol–water partition coefficient (Wildman–Crippen LogP) is 17.9. The average molecular weight is 971 g/mol. The first-order valence-electron chi connectivity index (χ1n) is 17.6. The molecule has 59 heavy (non-hydrogen) atoms. The van der Waals surface area contributed by atoms with Crippen molar-refractivity contribution in [1.29, 1.82) is 0 Å². The number of rotatable bonds is 0. The summed E-state index contributed by atoms with van der Waals surface area (Å²) in [4.78, 5) is 16.9. The molecule has 0 aliphatic rings. The molecule has 15 heteroatoms. The zero-order valence-electron chi connectivity index (χ0n) is 30.4. The maximum Gasteiger partial charge on any atom is 0.0307 e. The number of fused-ring (bicyclic) bond motifs is 12. The number of halogens is 2. The van der Waals surface area contributed by atoms with Gasteiger partial charge in [-0.3, -0.25) is 0 Å². The smallest absolute Gasteiger partial charge is 0.0307 e. The van der Waals surface area contributed by atoms with Crippen LogP contribution in [0.2, 0.25) is 0 Å². The van der Waals surface area contributed by atoms with Crippen LogP contribution < -0.4 is 0 Å². The van der Waals surface area contributed by atoms with Crippen molar-refractivity contribution in [3.63, 3.8) is 0 Å². The molecule has 0 saturated carbocycles. The van der Waals surface area contributed by atoms with E-state index in [1.165, 1.54) is 66.9 Å². The molecular weight excluding hydrogens is 943 g/mol. The third-order valence-corrected chi connectivity index (χ3v) is 12.5. The van der Waals surface area contributed by atoms with E-state index in [2.05, 4.69) is 92.7 Å². The summed E-state index contributed by atoms with van der Waals surface area (Å²) in [5, 5.41) is 10.8. The second-order valence-electron chi connectivity index (χ2n) is 12.7. The van der Waals surface area contributed by atoms with E-state index in [1.807, 2.05) is 72.8 Å². The minimum atomic E-state index is -0.226. The molecule has 295 valence electrons. The summed E-state index contributed by atoms with van der Waals surface area (Å²) in [7, 11) is 9.67. The number of hydrogen-bond acceptors (Lipinski definition) is 8. The van der Waals surface area contributed by atoms with Gasteiger partial charge in [0.25, 0.3) is 0 Å². The van der Waals surface area contributed by atoms with E-state index >= 15 is 0 Å². The van der Waals surface area contributed by atoms with Gasteiger partial charge in [0.15, 0.2) is 0 Å². The van der Waals surface area contributed by atoms with Crippen molar-refractivity contribution in [1.82, 2.24) is 19.9 Å². The summed E-state index contributed by atoms with van der Waals surface area (Å²) in [6.07, 6.45) is 0. The minimum Gasteiger partial charge on any atom is -0.473 e. The molecule has 4 aromatic heterocycles. The first kappa shape index (κ1) is 40.5. The fourth-order valence-corrected chi connectivity index (χ4v) is 9.58. The first-order chi connectivity index (χ1) is 28.8. The Kier molecular flexibility index (Phi) is 12.6. The maximum atomic E-state index is 7.51. The maximum absolute atomic E-state index is 7.51. The Morgan fingerprint density at radius 3 is 0.746 bits per heavy atom. The molecule has 0 radical (unpaired) electrons. The van der Waals surface area contributed by atoms with Gasteiger partial charge in [-0.15, -0.1) is 45.3 Å². The molecule has 8 nitrogen and oxygen atoms in total. The molecule has 0 atom stereocenters. The van der Waals surface area contributed by atoms with Crippen LogP contribution in [0, 0.1) is 0 Å². The predicted molar refractivity (Wildman–Crippen MR) is 256 cm³/mol. The van der Waals surface area contributed by atoms with Gasteiger partial charge in [0.1, 0.15) is 0 Å². The minimum absolute atomic E-state index is 0.226. The van der Waals surface area contributed by atoms with Crippen LogP contribution in [0.15, 0.2) is 146 Å². The van der Waals surface area contributed by atoms with Gasteiger partial charge in [0, 0.05) is 18.8 Å². The largest absolute Gasteiger partial charge is 0.473 e. The molecule has 8 aromatic carbocycles. The van der Waals surface area contributed by atoms with Gasteiger partial charge < -0.3 is 42.9 Å². The van der Waals surface area contributed by atoms with Crippen molar-refractivity contribution in [3.05, 3.63) is 169 Å². The van der Waals surface area contributed by atoms with Crippen LogP contribution in [0.5, 0.6) is 0 Å². The standard InChI is InChI=1S/4C11H7N2S.2ClH.Rh/c4*12-11-13-10-8-4-2-1-3-7(8)5-6-9(10)14-11;;;/h4*1-6H,(H-,12,13);2*1H;/q4*-1;;;+2/p-2. The third kappa shape index (κ3) is 9.02. The molecule has 0 unspecified atom stereocenters. The van der Waals surface area contributed by atoms with Crippen molar-refractivity contribution in [2.45, 2.75) is 0 Å². The SMILES string of the molecule is [Cl][Rh][Cl].[NH-]c1nc2c(ccc3ccccc32)s1.[NH-]c1nc2c(ccc3ccccc32)s1.[NH-]c1nc2c(ccc3ccccc32)s1.[NH-]c1nc2c(ccc3ccccc32)s1. The molecule has 4 N–H and O–H groups in total. The molecule has 0 aliphatic heterocycles. The number of hydrogen-bond donors (Lipinski definition) is 0. The quantitative estimate of drug-likeness (QED) is 0.139. The summed E-state index contributed by atoms with van der Waals surface area (Å²) in [6.45, 7) is 0. The second kappa shape index (κ2) is 18.4. The van der Waals surface area contributed by atoms with E-state index in [-0.39, 0.29) is 15.1 Å². The summed E-state index contributed by atoms with van der Waals surface area (Å²) in [5.74, 6) is 0. The van der Waals surface area contributed by atoms with Crippen molar-refractivity contribution in [3.8, 4) is 0 Å². The number of nitrogens with zero attached hydrogens (tertiary/aromatic N) is 4. The van der Waals surface area contributed by atoms with Crippen molar-refractivity contribution >= 4 is 169 Å². The molecule has 0 bridgehead atoms. The monoisotopic (exact) mass is 969 g/mol. The van der Waals surface area contributed by atoms with Crippen molar-refractivity contribution in [2.24, 2.45) is 0 Å². The topological polar surface area (TPSA) is 147 Å². The molecule has 0 fully saturated rings. The van der Waals surface area contributed by atoms with Gasteiger partial charge in [-0.1, -0.05) is 121 Å². The van der Waals surface area contributed by atoms with Crippen LogP contribution in [0.3, 0.4) is 0 Å². The van der Waals surface area contributed by atoms with Crippen LogP contribution in [-0.4, -0.2) is 19.9 Å². The van der Waals surface area contributed by atoms with Crippen LogP contribution in [-0.2, 0) is 15.1 Å². The zero-order valence-corrected chi connectivity index (χ0v) is 36.8. The molecule has 4 heterocycles. The molecule has 0 spiro atoms. The molecular formula is C44H28Cl2N8RhS4-4. The normalized spacial score (nSPS) is 10.9. The summed E-state index contributed by atoms with van der Waals surface area (Å²) in [6, 6.07) is 49.0. The van der Waals surface area contributed by atoms with Gasteiger partial charge >= 0.3 is 34.5 Å². The fourth-order valence-electron chi connectivity index (χ4n) is 6.65. The van der Waals surface area contributed by atoms with E-state index in [9.17, 15) is 0 Å². The Morgan fingerprint density at radius 2 is 0.525 bits per heavy atom. The van der Waals surface area contributed by atoms with Crippen molar-refractivity contribution in [2.75, 3.05) is 0 Å². The summed E-state index contributed by atoms with van der Waals surface area (Å²) in [5.41, 5.74) is 33.9. The molecule has 0 amide bonds. The third-order valence-electron chi connectivity index (χ3n) is 9.13. The Balaban J connectivity index is 0.000000107. The average Bonchev–Trinajstić information content (AvgIpc) is 4.05. The van der Waals surface area contributed by atoms with Gasteiger partial charge in [-0.25, -0.2) is 0 Å². The zero-order chi connectivity index (χ0) is 40.9. The Morgan fingerprint density at radius 1 is 0.322 bits per heavy atom. The Labute approximate surface area is 369 Å². The first-order valence-corrected chi connectivity index (χ1v) is 25.1. The number of nitrogens with one attached hydrogen (secondary N) is 4.